The minimum Gasteiger partial charge on any atom is 0 e. The molecule has 0 aliphatic carbocycles. The van der Waals surface area contributed by atoms with Gasteiger partial charge in [0.2, 0.25) is 0 Å². The van der Waals surface area contributed by atoms with E-state index in [2.05, 4.69) is 58.1 Å². The first-order valence-electron chi connectivity index (χ1n) is 6.12. The van der Waals surface area contributed by atoms with Crippen molar-refractivity contribution in [3.8, 4) is 0 Å². The van der Waals surface area contributed by atoms with Gasteiger partial charge in [-0.2, -0.15) is 0 Å². The van der Waals surface area contributed by atoms with Gasteiger partial charge in [-0.1, -0.05) is 31.2 Å². The van der Waals surface area contributed by atoms with Crippen molar-refractivity contribution in [1.29, 1.82) is 0 Å². The Morgan fingerprint density at radius 1 is 1.09 bits per heavy atom. The van der Waals surface area contributed by atoms with E-state index < -0.39 is 0 Å². The van der Waals surface area contributed by atoms with Crippen LogP contribution in [0.4, 0.5) is 0 Å². The van der Waals surface area contributed by atoms with Crippen molar-refractivity contribution in [2.45, 2.75) is 31.7 Å². The Hall–Kier alpha value is -0.778. The number of alkyl halides is 1. The summed E-state index contributed by atoms with van der Waals surface area (Å²) in [7, 11) is 0. The number of ether oxygens (including phenoxy) is 1. The van der Waals surface area contributed by atoms with Crippen molar-refractivity contribution in [2.24, 2.45) is 5.92 Å². The molecule has 0 radical (unpaired) electrons. The fraction of sp³-hybridized carbons (Fsp3) is 0.438. The summed E-state index contributed by atoms with van der Waals surface area (Å²) in [5, 5.41) is 0.239. The van der Waals surface area contributed by atoms with E-state index in [0.29, 0.717) is 5.92 Å². The van der Waals surface area contributed by atoms with Crippen LogP contribution in [-0.2, 0) is 36.1 Å². The van der Waals surface area contributed by atoms with Gasteiger partial charge in [0, 0.05) is 35.3 Å². The van der Waals surface area contributed by atoms with E-state index in [-0.39, 0.29) is 28.8 Å². The van der Waals surface area contributed by atoms with Gasteiger partial charge >= 0.3 is 33.9 Å². The van der Waals surface area contributed by atoms with E-state index in [4.69, 9.17) is 30.3 Å². The molecule has 0 spiro atoms. The molecule has 22 heavy (non-hydrogen) atoms. The van der Waals surface area contributed by atoms with Gasteiger partial charge in [0.15, 0.2) is 0 Å². The molecular weight excluding hydrogens is 344 g/mol. The van der Waals surface area contributed by atoms with Crippen molar-refractivity contribution in [3.63, 3.8) is 0 Å². The van der Waals surface area contributed by atoms with E-state index in [1.165, 1.54) is 11.1 Å². The summed E-state index contributed by atoms with van der Waals surface area (Å²) in [4.78, 5) is 0. The Bertz CT molecular complexity index is 445. The summed E-state index contributed by atoms with van der Waals surface area (Å²) >= 11 is 6.28. The molecule has 4 nitrogen and oxygen atoms in total. The fourth-order valence-corrected chi connectivity index (χ4v) is 2.41. The average Bonchev–Trinajstić information content (AvgIpc) is 2.57. The summed E-state index contributed by atoms with van der Waals surface area (Å²) < 4.78 is 28.3. The van der Waals surface area contributed by atoms with Gasteiger partial charge in [0.05, 0.1) is 6.10 Å². The molecule has 0 saturated carbocycles. The maximum atomic E-state index is 7.50. The molecule has 3 atom stereocenters. The van der Waals surface area contributed by atoms with Gasteiger partial charge in [-0.3, -0.25) is 0 Å². The average molecular weight is 361 g/mol. The first-order chi connectivity index (χ1) is 10.2. The van der Waals surface area contributed by atoms with Gasteiger partial charge in [0.25, 0.3) is 0 Å². The van der Waals surface area contributed by atoms with E-state index in [9.17, 15) is 0 Å². The topological polar surface area (TPSA) is 68.9 Å². The van der Waals surface area contributed by atoms with E-state index in [0.717, 1.165) is 13.0 Å². The fourth-order valence-electron chi connectivity index (χ4n) is 2.19. The Balaban J connectivity index is -0.000000463. The third-order valence-electron chi connectivity index (χ3n) is 3.23. The summed E-state index contributed by atoms with van der Waals surface area (Å²) in [6, 6.07) is 8.40. The molecule has 6 heteroatoms. The van der Waals surface area contributed by atoms with Crippen LogP contribution in [0.3, 0.4) is 0 Å². The zero-order valence-electron chi connectivity index (χ0n) is 12.4. The first-order valence-corrected chi connectivity index (χ1v) is 6.56. The quantitative estimate of drug-likeness (QED) is 0.428. The van der Waals surface area contributed by atoms with Crippen LogP contribution in [-0.4, -0.2) is 12.0 Å². The predicted molar refractivity (Wildman–Crippen MR) is 75.1 cm³/mol. The first kappa shape index (κ1) is 26.1. The summed E-state index contributed by atoms with van der Waals surface area (Å²) in [6.45, 7) is 18.6. The number of benzene rings is 1. The van der Waals surface area contributed by atoms with Crippen molar-refractivity contribution < 1.29 is 36.1 Å². The monoisotopic (exact) mass is 360 g/mol. The Morgan fingerprint density at radius 2 is 1.59 bits per heavy atom. The van der Waals surface area contributed by atoms with Gasteiger partial charge < -0.3 is 4.74 Å². The Kier molecular flexibility index (Phi) is 19.7. The van der Waals surface area contributed by atoms with Crippen LogP contribution in [0, 0.1) is 32.8 Å². The number of aryl methyl sites for hydroxylation is 1. The van der Waals surface area contributed by atoms with E-state index in [1.807, 2.05) is 0 Å². The number of rotatable bonds is 1. The molecule has 1 saturated heterocycles. The van der Waals surface area contributed by atoms with Crippen LogP contribution in [0.5, 0.6) is 0 Å². The minimum atomic E-state index is 0. The van der Waals surface area contributed by atoms with Crippen LogP contribution >= 0.6 is 11.6 Å². The van der Waals surface area contributed by atoms with Gasteiger partial charge in [0.1, 0.15) is 0 Å². The standard InChI is InChI=1S/C13H17ClO.3CO.Cr/c1-9-5-3-4-6-11(9)13-10(2)12(14)7-8-15-13;3*1-2;/h3-6,10,12-13H,7-8H2,1-2H3;;;;/t10-,12+,13-;;;;/m1..../s1. The molecule has 1 fully saturated rings. The predicted octanol–water partition coefficient (Wildman–Crippen LogP) is 3.58. The second-order valence-electron chi connectivity index (χ2n) is 4.31. The molecule has 118 valence electrons. The third-order valence-corrected chi connectivity index (χ3v) is 3.85. The van der Waals surface area contributed by atoms with Crippen molar-refractivity contribution in [2.75, 3.05) is 6.61 Å². The zero-order chi connectivity index (χ0) is 16.8. The number of halogens is 1. The molecule has 0 N–H and O–H groups in total. The minimum absolute atomic E-state index is 0. The largest absolute Gasteiger partial charge is 0 e. The van der Waals surface area contributed by atoms with Crippen molar-refractivity contribution in [1.82, 2.24) is 0 Å². The van der Waals surface area contributed by atoms with E-state index >= 15 is 0 Å². The molecule has 1 aromatic rings. The van der Waals surface area contributed by atoms with Gasteiger partial charge in [-0.05, 0) is 24.5 Å². The van der Waals surface area contributed by atoms with Crippen LogP contribution in [0.1, 0.15) is 30.6 Å². The smallest absolute Gasteiger partial charge is 0 e. The molecule has 0 aromatic heterocycles. The second-order valence-corrected chi connectivity index (χ2v) is 4.87. The maximum absolute atomic E-state index is 7.50. The molecule has 0 amide bonds. The van der Waals surface area contributed by atoms with E-state index in [1.54, 1.807) is 0 Å². The van der Waals surface area contributed by atoms with Crippen molar-refractivity contribution >= 4 is 11.6 Å². The molecule has 1 heterocycles. The Labute approximate surface area is 147 Å². The van der Waals surface area contributed by atoms with Crippen LogP contribution in [0.25, 0.3) is 0 Å². The number of hydrogen-bond donors (Lipinski definition) is 0. The summed E-state index contributed by atoms with van der Waals surface area (Å²) in [6.07, 6.45) is 1.13. The van der Waals surface area contributed by atoms with Gasteiger partial charge in [-0.25, -0.2) is 0 Å². The molecule has 0 bridgehead atoms. The molecule has 1 aliphatic heterocycles. The number of hydrogen-bond acceptors (Lipinski definition) is 1. The van der Waals surface area contributed by atoms with Crippen molar-refractivity contribution in [3.05, 3.63) is 55.3 Å². The van der Waals surface area contributed by atoms with Crippen LogP contribution in [0.15, 0.2) is 24.3 Å². The maximum Gasteiger partial charge on any atom is 0 e. The Morgan fingerprint density at radius 3 is 2.09 bits per heavy atom. The SMILES string of the molecule is Cc1ccccc1[C@@H]1OCC[C@H](Cl)[C@H]1C.[C-]#[O+].[C-]#[O+].[C-]#[O+].[Cr]. The molecule has 2 rings (SSSR count). The van der Waals surface area contributed by atoms with Crippen LogP contribution in [0.2, 0.25) is 0 Å². The second kappa shape index (κ2) is 16.6. The van der Waals surface area contributed by atoms with Crippen LogP contribution < -0.4 is 0 Å². The molecule has 1 aromatic carbocycles. The molecule has 0 unspecified atom stereocenters. The normalized spacial score (nSPS) is 21.8. The third kappa shape index (κ3) is 8.01. The summed E-state index contributed by atoms with van der Waals surface area (Å²) in [5.41, 5.74) is 2.58. The molecular formula is C16H17ClCrO4. The zero-order valence-corrected chi connectivity index (χ0v) is 14.4. The molecule has 1 aliphatic rings. The van der Waals surface area contributed by atoms with Gasteiger partial charge in [-0.15, -0.1) is 11.6 Å². The summed E-state index contributed by atoms with van der Waals surface area (Å²) in [5.74, 6) is 0.390.